The average Bonchev–Trinajstić information content (AvgIpc) is 2.96. The number of halogens is 1. The number of nitrogens with two attached hydrogens (primary N) is 1. The molecule has 0 aliphatic carbocycles. The first-order chi connectivity index (χ1) is 11.2. The Morgan fingerprint density at radius 2 is 1.78 bits per heavy atom. The highest BCUT2D eigenvalue weighted by Gasteiger charge is 2.14. The lowest BCUT2D eigenvalue weighted by molar-refractivity contribution is 0.867. The van der Waals surface area contributed by atoms with Gasteiger partial charge in [0.2, 0.25) is 0 Å². The molecule has 0 unspecified atom stereocenters. The molecule has 2 N–H and O–H groups in total. The monoisotopic (exact) mass is 321 g/mol. The van der Waals surface area contributed by atoms with Crippen LogP contribution in [0.5, 0.6) is 0 Å². The number of nitrogen functional groups attached to an aromatic ring is 1. The molecule has 0 aliphatic rings. The highest BCUT2D eigenvalue weighted by molar-refractivity contribution is 6.30. The molecule has 0 atom stereocenters. The summed E-state index contributed by atoms with van der Waals surface area (Å²) in [4.78, 5) is 8.78. The fraction of sp³-hybridized carbons (Fsp3) is 0. The number of hydrogen-bond acceptors (Lipinski definition) is 4. The minimum absolute atomic E-state index is 0.607. The van der Waals surface area contributed by atoms with Gasteiger partial charge in [-0.3, -0.25) is 0 Å². The molecule has 5 nitrogen and oxygen atoms in total. The largest absolute Gasteiger partial charge is 0.397 e. The normalized spacial score (nSPS) is 11.0. The number of nitrogens with zero attached hydrogens (tertiary/aromatic N) is 4. The van der Waals surface area contributed by atoms with E-state index in [1.807, 2.05) is 42.5 Å². The number of anilines is 1. The molecule has 3 aromatic heterocycles. The summed E-state index contributed by atoms with van der Waals surface area (Å²) in [5, 5.41) is 6.34. The molecule has 0 saturated carbocycles. The number of pyridine rings is 2. The van der Waals surface area contributed by atoms with E-state index in [1.54, 1.807) is 23.1 Å². The van der Waals surface area contributed by atoms with Crippen molar-refractivity contribution in [1.29, 1.82) is 0 Å². The molecule has 0 amide bonds. The van der Waals surface area contributed by atoms with E-state index in [-0.39, 0.29) is 0 Å². The Morgan fingerprint density at radius 3 is 2.52 bits per heavy atom. The third-order valence-corrected chi connectivity index (χ3v) is 3.80. The number of rotatable bonds is 2. The Kier molecular flexibility index (Phi) is 3.20. The molecule has 0 fully saturated rings. The fourth-order valence-corrected chi connectivity index (χ4v) is 2.58. The van der Waals surface area contributed by atoms with Crippen LogP contribution in [-0.4, -0.2) is 19.7 Å². The van der Waals surface area contributed by atoms with Crippen LogP contribution in [0.2, 0.25) is 5.02 Å². The van der Waals surface area contributed by atoms with Gasteiger partial charge in [0.1, 0.15) is 5.69 Å². The highest BCUT2D eigenvalue weighted by Crippen LogP contribution is 2.29. The fourth-order valence-electron chi connectivity index (χ4n) is 2.46. The summed E-state index contributed by atoms with van der Waals surface area (Å²) in [5.74, 6) is 0.670. The predicted molar refractivity (Wildman–Crippen MR) is 91.5 cm³/mol. The molecule has 4 aromatic rings. The van der Waals surface area contributed by atoms with E-state index >= 15 is 0 Å². The van der Waals surface area contributed by atoms with Crippen molar-refractivity contribution in [3.8, 4) is 17.1 Å². The molecule has 3 heterocycles. The van der Waals surface area contributed by atoms with E-state index < -0.39 is 0 Å². The van der Waals surface area contributed by atoms with E-state index in [0.29, 0.717) is 16.5 Å². The van der Waals surface area contributed by atoms with Crippen molar-refractivity contribution in [2.24, 2.45) is 0 Å². The van der Waals surface area contributed by atoms with Crippen LogP contribution in [-0.2, 0) is 0 Å². The van der Waals surface area contributed by atoms with Gasteiger partial charge in [0.25, 0.3) is 0 Å². The summed E-state index contributed by atoms with van der Waals surface area (Å²) in [6.45, 7) is 0. The van der Waals surface area contributed by atoms with Crippen molar-refractivity contribution in [1.82, 2.24) is 19.7 Å². The minimum Gasteiger partial charge on any atom is -0.397 e. The number of fused-ring (bicyclic) bond motifs is 1. The van der Waals surface area contributed by atoms with Gasteiger partial charge in [-0.1, -0.05) is 23.7 Å². The van der Waals surface area contributed by atoms with Crippen molar-refractivity contribution in [2.75, 3.05) is 5.73 Å². The molecule has 0 bridgehead atoms. The minimum atomic E-state index is 0.607. The molecule has 1 aromatic carbocycles. The van der Waals surface area contributed by atoms with E-state index in [0.717, 1.165) is 22.3 Å². The van der Waals surface area contributed by atoms with Crippen molar-refractivity contribution in [3.05, 3.63) is 65.9 Å². The standard InChI is InChI=1S/C17H12ClN5/c18-12-5-3-11(4-6-12)16-14-2-1-9-20-17(14)23(22-16)15-8-7-13(19)10-21-15/h1-10H,19H2. The Hall–Kier alpha value is -2.92. The Labute approximate surface area is 137 Å². The van der Waals surface area contributed by atoms with Crippen LogP contribution in [0.4, 0.5) is 5.69 Å². The van der Waals surface area contributed by atoms with Gasteiger partial charge in [0.15, 0.2) is 11.5 Å². The third-order valence-electron chi connectivity index (χ3n) is 3.55. The second-order valence-corrected chi connectivity index (χ2v) is 5.53. The van der Waals surface area contributed by atoms with Crippen LogP contribution in [0, 0.1) is 0 Å². The summed E-state index contributed by atoms with van der Waals surface area (Å²) in [6, 6.07) is 15.1. The first-order valence-corrected chi connectivity index (χ1v) is 7.42. The lowest BCUT2D eigenvalue weighted by Crippen LogP contribution is -2.01. The predicted octanol–water partition coefficient (Wildman–Crippen LogP) is 3.72. The van der Waals surface area contributed by atoms with Crippen molar-refractivity contribution in [3.63, 3.8) is 0 Å². The Morgan fingerprint density at radius 1 is 0.957 bits per heavy atom. The number of hydrogen-bond donors (Lipinski definition) is 1. The van der Waals surface area contributed by atoms with E-state index in [4.69, 9.17) is 22.4 Å². The molecular formula is C17H12ClN5. The maximum Gasteiger partial charge on any atom is 0.165 e. The lowest BCUT2D eigenvalue weighted by Gasteiger charge is -2.01. The first kappa shape index (κ1) is 13.7. The molecule has 0 radical (unpaired) electrons. The van der Waals surface area contributed by atoms with Gasteiger partial charge in [-0.05, 0) is 36.4 Å². The summed E-state index contributed by atoms with van der Waals surface area (Å²) >= 11 is 5.97. The first-order valence-electron chi connectivity index (χ1n) is 7.04. The molecule has 112 valence electrons. The number of benzene rings is 1. The van der Waals surface area contributed by atoms with Gasteiger partial charge in [0, 0.05) is 22.2 Å². The summed E-state index contributed by atoms with van der Waals surface area (Å²) in [6.07, 6.45) is 3.34. The van der Waals surface area contributed by atoms with Crippen molar-refractivity contribution >= 4 is 28.3 Å². The zero-order chi connectivity index (χ0) is 15.8. The number of aromatic nitrogens is 4. The highest BCUT2D eigenvalue weighted by atomic mass is 35.5. The summed E-state index contributed by atoms with van der Waals surface area (Å²) in [7, 11) is 0. The van der Waals surface area contributed by atoms with Gasteiger partial charge in [-0.15, -0.1) is 0 Å². The van der Waals surface area contributed by atoms with Gasteiger partial charge in [0.05, 0.1) is 11.9 Å². The maximum absolute atomic E-state index is 5.97. The third kappa shape index (κ3) is 2.41. The molecule has 0 spiro atoms. The van der Waals surface area contributed by atoms with E-state index in [9.17, 15) is 0 Å². The van der Waals surface area contributed by atoms with Gasteiger partial charge < -0.3 is 5.73 Å². The van der Waals surface area contributed by atoms with Gasteiger partial charge in [-0.2, -0.15) is 9.78 Å². The zero-order valence-corrected chi connectivity index (χ0v) is 12.8. The second kappa shape index (κ2) is 5.37. The van der Waals surface area contributed by atoms with Crippen LogP contribution in [0.15, 0.2) is 60.9 Å². The molecule has 23 heavy (non-hydrogen) atoms. The molecule has 4 rings (SSSR count). The SMILES string of the molecule is Nc1ccc(-n2nc(-c3ccc(Cl)cc3)c3cccnc32)nc1. The van der Waals surface area contributed by atoms with Crippen molar-refractivity contribution in [2.45, 2.75) is 0 Å². The van der Waals surface area contributed by atoms with Crippen LogP contribution in [0.3, 0.4) is 0 Å². The maximum atomic E-state index is 5.97. The van der Waals surface area contributed by atoms with Crippen LogP contribution >= 0.6 is 11.6 Å². The van der Waals surface area contributed by atoms with Crippen LogP contribution < -0.4 is 5.73 Å². The van der Waals surface area contributed by atoms with Crippen LogP contribution in [0.1, 0.15) is 0 Å². The van der Waals surface area contributed by atoms with Crippen LogP contribution in [0.25, 0.3) is 28.1 Å². The van der Waals surface area contributed by atoms with Crippen molar-refractivity contribution < 1.29 is 0 Å². The summed E-state index contributed by atoms with van der Waals surface area (Å²) in [5.41, 5.74) is 8.87. The Balaban J connectivity index is 1.96. The zero-order valence-electron chi connectivity index (χ0n) is 12.0. The average molecular weight is 322 g/mol. The molecule has 0 aliphatic heterocycles. The topological polar surface area (TPSA) is 69.6 Å². The molecule has 6 heteroatoms. The van der Waals surface area contributed by atoms with E-state index in [2.05, 4.69) is 9.97 Å². The van der Waals surface area contributed by atoms with Gasteiger partial charge >= 0.3 is 0 Å². The summed E-state index contributed by atoms with van der Waals surface area (Å²) < 4.78 is 1.72. The van der Waals surface area contributed by atoms with E-state index in [1.165, 1.54) is 0 Å². The molecule has 0 saturated heterocycles. The van der Waals surface area contributed by atoms with Gasteiger partial charge in [-0.25, -0.2) is 9.97 Å². The second-order valence-electron chi connectivity index (χ2n) is 5.09. The molecular weight excluding hydrogens is 310 g/mol. The lowest BCUT2D eigenvalue weighted by atomic mass is 10.1. The quantitative estimate of drug-likeness (QED) is 0.611. The smallest absolute Gasteiger partial charge is 0.165 e. The Bertz CT molecular complexity index is 895.